The lowest BCUT2D eigenvalue weighted by Gasteiger charge is -2.23. The zero-order chi connectivity index (χ0) is 24.2. The van der Waals surface area contributed by atoms with Gasteiger partial charge in [-0.15, -0.1) is 0 Å². The number of carbonyl (C=O) groups is 2. The summed E-state index contributed by atoms with van der Waals surface area (Å²) in [4.78, 5) is 45.0. The van der Waals surface area contributed by atoms with Gasteiger partial charge in [0.2, 0.25) is 17.6 Å². The van der Waals surface area contributed by atoms with Crippen molar-refractivity contribution < 1.29 is 14.0 Å². The molecular formula is C26H23FN4O3. The number of para-hydroxylation sites is 2. The Morgan fingerprint density at radius 2 is 1.65 bits per heavy atom. The number of benzene rings is 3. The second-order valence-corrected chi connectivity index (χ2v) is 7.86. The van der Waals surface area contributed by atoms with Crippen LogP contribution in [0.3, 0.4) is 0 Å². The fraction of sp³-hybridized carbons (Fsp3) is 0.154. The highest BCUT2D eigenvalue weighted by Gasteiger charge is 2.25. The molecule has 7 nitrogen and oxygen atoms in total. The molecule has 0 aliphatic rings. The topological polar surface area (TPSA) is 84.3 Å². The zero-order valence-electron chi connectivity index (χ0n) is 18.7. The van der Waals surface area contributed by atoms with Crippen LogP contribution in [0.4, 0.5) is 15.9 Å². The molecule has 1 heterocycles. The fourth-order valence-corrected chi connectivity index (χ4v) is 3.70. The number of hydrogen-bond acceptors (Lipinski definition) is 4. The number of nitrogens with one attached hydrogen (secondary N) is 1. The summed E-state index contributed by atoms with van der Waals surface area (Å²) in [6.45, 7) is 3.12. The van der Waals surface area contributed by atoms with Crippen LogP contribution in [0.15, 0.2) is 83.7 Å². The molecule has 0 radical (unpaired) electrons. The molecule has 0 fully saturated rings. The third-order valence-corrected chi connectivity index (χ3v) is 5.48. The Morgan fingerprint density at radius 1 is 1.00 bits per heavy atom. The molecule has 0 saturated heterocycles. The van der Waals surface area contributed by atoms with Crippen LogP contribution >= 0.6 is 0 Å². The van der Waals surface area contributed by atoms with Crippen LogP contribution in [0.1, 0.15) is 25.5 Å². The van der Waals surface area contributed by atoms with Crippen LogP contribution < -0.4 is 15.8 Å². The molecule has 0 bridgehead atoms. The van der Waals surface area contributed by atoms with Gasteiger partial charge in [0, 0.05) is 12.6 Å². The number of amides is 2. The molecule has 1 aromatic heterocycles. The van der Waals surface area contributed by atoms with Crippen molar-refractivity contribution in [1.82, 2.24) is 9.55 Å². The second-order valence-electron chi connectivity index (χ2n) is 7.86. The number of aromatic nitrogens is 2. The Kier molecular flexibility index (Phi) is 6.49. The SMILES string of the molecule is CC(=O)N(Cc1ccccc1)c1nc2ccccc2n(C(C)C(=O)Nc2ccc(F)cc2)c1=O. The monoisotopic (exact) mass is 458 g/mol. The Balaban J connectivity index is 1.79. The maximum absolute atomic E-state index is 13.6. The fourth-order valence-electron chi connectivity index (χ4n) is 3.70. The van der Waals surface area contributed by atoms with Crippen LogP contribution in [-0.4, -0.2) is 21.4 Å². The molecule has 0 aliphatic carbocycles. The van der Waals surface area contributed by atoms with Crippen LogP contribution in [0.5, 0.6) is 0 Å². The summed E-state index contributed by atoms with van der Waals surface area (Å²) in [6, 6.07) is 20.6. The highest BCUT2D eigenvalue weighted by atomic mass is 19.1. The summed E-state index contributed by atoms with van der Waals surface area (Å²) in [5, 5.41) is 2.70. The van der Waals surface area contributed by atoms with Crippen LogP contribution in [0.2, 0.25) is 0 Å². The first-order chi connectivity index (χ1) is 16.3. The van der Waals surface area contributed by atoms with Crippen molar-refractivity contribution >= 4 is 34.4 Å². The molecule has 3 aromatic carbocycles. The molecule has 1 unspecified atom stereocenters. The molecule has 1 atom stereocenters. The van der Waals surface area contributed by atoms with Crippen LogP contribution in [0.25, 0.3) is 11.0 Å². The molecule has 2 amide bonds. The molecule has 1 N–H and O–H groups in total. The summed E-state index contributed by atoms with van der Waals surface area (Å²) in [7, 11) is 0. The molecule has 34 heavy (non-hydrogen) atoms. The largest absolute Gasteiger partial charge is 0.324 e. The molecule has 0 saturated carbocycles. The third kappa shape index (κ3) is 4.71. The predicted octanol–water partition coefficient (Wildman–Crippen LogP) is 4.29. The molecule has 172 valence electrons. The predicted molar refractivity (Wildman–Crippen MR) is 129 cm³/mol. The van der Waals surface area contributed by atoms with Crippen molar-refractivity contribution in [2.45, 2.75) is 26.4 Å². The number of rotatable bonds is 6. The molecule has 0 spiro atoms. The van der Waals surface area contributed by atoms with Gasteiger partial charge in [-0.05, 0) is 48.9 Å². The third-order valence-electron chi connectivity index (χ3n) is 5.48. The maximum Gasteiger partial charge on any atom is 0.295 e. The van der Waals surface area contributed by atoms with Crippen molar-refractivity contribution in [3.05, 3.63) is 101 Å². The van der Waals surface area contributed by atoms with Gasteiger partial charge in [-0.2, -0.15) is 0 Å². The van der Waals surface area contributed by atoms with E-state index in [1.807, 2.05) is 30.3 Å². The smallest absolute Gasteiger partial charge is 0.295 e. The summed E-state index contributed by atoms with van der Waals surface area (Å²) in [6.07, 6.45) is 0. The number of hydrogen-bond donors (Lipinski definition) is 1. The molecule has 0 aliphatic heterocycles. The lowest BCUT2D eigenvalue weighted by atomic mass is 10.2. The van der Waals surface area contributed by atoms with E-state index in [9.17, 15) is 18.8 Å². The van der Waals surface area contributed by atoms with Gasteiger partial charge in [-0.3, -0.25) is 23.9 Å². The van der Waals surface area contributed by atoms with Crippen molar-refractivity contribution in [3.63, 3.8) is 0 Å². The highest BCUT2D eigenvalue weighted by Crippen LogP contribution is 2.21. The minimum absolute atomic E-state index is 0.0588. The summed E-state index contributed by atoms with van der Waals surface area (Å²) in [5.74, 6) is -1.29. The quantitative estimate of drug-likeness (QED) is 0.467. The van der Waals surface area contributed by atoms with E-state index in [2.05, 4.69) is 10.3 Å². The van der Waals surface area contributed by atoms with E-state index in [0.717, 1.165) is 5.56 Å². The van der Waals surface area contributed by atoms with Crippen molar-refractivity contribution in [2.24, 2.45) is 0 Å². The molecule has 8 heteroatoms. The number of nitrogens with zero attached hydrogens (tertiary/aromatic N) is 3. The van der Waals surface area contributed by atoms with Gasteiger partial charge < -0.3 is 5.32 Å². The highest BCUT2D eigenvalue weighted by molar-refractivity contribution is 5.95. The van der Waals surface area contributed by atoms with E-state index < -0.39 is 23.3 Å². The van der Waals surface area contributed by atoms with Gasteiger partial charge in [0.15, 0.2) is 0 Å². The lowest BCUT2D eigenvalue weighted by Crippen LogP contribution is -2.39. The molecule has 4 rings (SSSR count). The Bertz CT molecular complexity index is 1400. The second kappa shape index (κ2) is 9.66. The van der Waals surface area contributed by atoms with Gasteiger partial charge in [-0.1, -0.05) is 42.5 Å². The number of anilines is 2. The average molecular weight is 458 g/mol. The van der Waals surface area contributed by atoms with Crippen molar-refractivity contribution in [2.75, 3.05) is 10.2 Å². The van der Waals surface area contributed by atoms with E-state index >= 15 is 0 Å². The zero-order valence-corrected chi connectivity index (χ0v) is 18.7. The van der Waals surface area contributed by atoms with E-state index in [1.165, 1.54) is 40.7 Å². The van der Waals surface area contributed by atoms with Crippen molar-refractivity contribution in [3.8, 4) is 0 Å². The van der Waals surface area contributed by atoms with Gasteiger partial charge in [-0.25, -0.2) is 9.37 Å². The van der Waals surface area contributed by atoms with E-state index in [-0.39, 0.29) is 18.3 Å². The lowest BCUT2D eigenvalue weighted by molar-refractivity contribution is -0.118. The van der Waals surface area contributed by atoms with Gasteiger partial charge in [0.25, 0.3) is 5.56 Å². The van der Waals surface area contributed by atoms with Gasteiger partial charge in [0.05, 0.1) is 17.6 Å². The first kappa shape index (κ1) is 22.8. The number of halogens is 1. The summed E-state index contributed by atoms with van der Waals surface area (Å²) < 4.78 is 14.6. The summed E-state index contributed by atoms with van der Waals surface area (Å²) in [5.41, 5.74) is 1.60. The number of carbonyl (C=O) groups excluding carboxylic acids is 2. The van der Waals surface area contributed by atoms with E-state index in [1.54, 1.807) is 31.2 Å². The number of fused-ring (bicyclic) bond motifs is 1. The van der Waals surface area contributed by atoms with Gasteiger partial charge in [0.1, 0.15) is 11.9 Å². The Hall–Kier alpha value is -4.33. The maximum atomic E-state index is 13.6. The average Bonchev–Trinajstić information content (AvgIpc) is 2.84. The standard InChI is InChI=1S/C26H23FN4O3/c1-17(25(33)28-21-14-12-20(27)13-15-21)31-23-11-7-6-10-22(23)29-24(26(31)34)30(18(2)32)16-19-8-4-3-5-9-19/h3-15,17H,16H2,1-2H3,(H,28,33). The first-order valence-electron chi connectivity index (χ1n) is 10.7. The van der Waals surface area contributed by atoms with Crippen molar-refractivity contribution in [1.29, 1.82) is 0 Å². The van der Waals surface area contributed by atoms with Gasteiger partial charge >= 0.3 is 0 Å². The Morgan fingerprint density at radius 3 is 2.32 bits per heavy atom. The molecule has 4 aromatic rings. The Labute approximate surface area is 195 Å². The van der Waals surface area contributed by atoms with E-state index in [0.29, 0.717) is 16.7 Å². The summed E-state index contributed by atoms with van der Waals surface area (Å²) >= 11 is 0. The van der Waals surface area contributed by atoms with Crippen LogP contribution in [-0.2, 0) is 16.1 Å². The van der Waals surface area contributed by atoms with Crippen LogP contribution in [0, 0.1) is 5.82 Å². The normalized spacial score (nSPS) is 11.7. The first-order valence-corrected chi connectivity index (χ1v) is 10.7. The minimum Gasteiger partial charge on any atom is -0.324 e. The minimum atomic E-state index is -0.935. The van der Waals surface area contributed by atoms with E-state index in [4.69, 9.17) is 0 Å². The molecular weight excluding hydrogens is 435 g/mol.